The molecule has 0 N–H and O–H groups in total. The van der Waals surface area contributed by atoms with Crippen LogP contribution >= 0.6 is 0 Å². The van der Waals surface area contributed by atoms with Gasteiger partial charge in [-0.05, 0) is 29.7 Å². The number of halogens is 2. The van der Waals surface area contributed by atoms with Crippen molar-refractivity contribution in [2.75, 3.05) is 0 Å². The topological polar surface area (TPSA) is 49.7 Å². The number of rotatable bonds is 2. The number of hydrogen-bond donors (Lipinski definition) is 0. The van der Waals surface area contributed by atoms with Gasteiger partial charge in [0.05, 0.1) is 17.3 Å². The van der Waals surface area contributed by atoms with Gasteiger partial charge >= 0.3 is 0 Å². The molecule has 0 fully saturated rings. The van der Waals surface area contributed by atoms with Crippen molar-refractivity contribution in [2.45, 2.75) is 0 Å². The zero-order chi connectivity index (χ0) is 17.6. The van der Waals surface area contributed by atoms with Crippen LogP contribution in [0.15, 0.2) is 59.7 Å². The number of nitrogens with zero attached hydrogens (tertiary/aromatic N) is 2. The average molecular weight is 336 g/mol. The normalized spacial score (nSPS) is 13.9. The van der Waals surface area contributed by atoms with Crippen LogP contribution in [0.3, 0.4) is 0 Å². The lowest BCUT2D eigenvalue weighted by molar-refractivity contribution is 0.0616. The number of amides is 2. The van der Waals surface area contributed by atoms with Crippen molar-refractivity contribution < 1.29 is 18.4 Å². The number of carbonyl (C=O) groups is 2. The Balaban J connectivity index is 1.79. The van der Waals surface area contributed by atoms with E-state index in [2.05, 4.69) is 5.10 Å². The summed E-state index contributed by atoms with van der Waals surface area (Å²) >= 11 is 0. The molecule has 25 heavy (non-hydrogen) atoms. The van der Waals surface area contributed by atoms with E-state index in [1.165, 1.54) is 6.07 Å². The summed E-state index contributed by atoms with van der Waals surface area (Å²) < 4.78 is 26.7. The highest BCUT2D eigenvalue weighted by atomic mass is 19.1. The number of hydrazone groups is 1. The van der Waals surface area contributed by atoms with Gasteiger partial charge in [-0.25, -0.2) is 8.78 Å². The van der Waals surface area contributed by atoms with E-state index >= 15 is 0 Å². The van der Waals surface area contributed by atoms with Crippen LogP contribution < -0.4 is 0 Å². The van der Waals surface area contributed by atoms with Crippen molar-refractivity contribution >= 4 is 28.8 Å². The van der Waals surface area contributed by atoms with Crippen LogP contribution in [0.5, 0.6) is 0 Å². The molecule has 1 aliphatic rings. The van der Waals surface area contributed by atoms with Gasteiger partial charge in [-0.15, -0.1) is 0 Å². The molecule has 0 spiro atoms. The molecule has 0 bridgehead atoms. The maximum atomic E-state index is 13.7. The zero-order valence-corrected chi connectivity index (χ0v) is 12.7. The van der Waals surface area contributed by atoms with E-state index in [4.69, 9.17) is 0 Å². The monoisotopic (exact) mass is 336 g/mol. The van der Waals surface area contributed by atoms with Crippen molar-refractivity contribution in [2.24, 2.45) is 5.10 Å². The van der Waals surface area contributed by atoms with E-state index in [-0.39, 0.29) is 5.56 Å². The molecule has 1 aliphatic heterocycles. The van der Waals surface area contributed by atoms with E-state index in [0.29, 0.717) is 27.6 Å². The second kappa shape index (κ2) is 5.59. The smallest absolute Gasteiger partial charge is 0.267 e. The molecule has 4 rings (SSSR count). The fourth-order valence-corrected chi connectivity index (χ4v) is 2.85. The molecule has 1 heterocycles. The van der Waals surface area contributed by atoms with Gasteiger partial charge in [0.2, 0.25) is 0 Å². The molecule has 0 atom stereocenters. The fourth-order valence-electron chi connectivity index (χ4n) is 2.85. The first-order chi connectivity index (χ1) is 12.1. The van der Waals surface area contributed by atoms with Gasteiger partial charge in [-0.1, -0.05) is 24.3 Å². The zero-order valence-electron chi connectivity index (χ0n) is 12.7. The van der Waals surface area contributed by atoms with Crippen LogP contribution in [0, 0.1) is 11.6 Å². The quantitative estimate of drug-likeness (QED) is 0.529. The predicted octanol–water partition coefficient (Wildman–Crippen LogP) is 3.75. The summed E-state index contributed by atoms with van der Waals surface area (Å²) in [6, 6.07) is 13.3. The molecular weight excluding hydrogens is 326 g/mol. The van der Waals surface area contributed by atoms with E-state index in [1.807, 2.05) is 12.1 Å². The van der Waals surface area contributed by atoms with Crippen molar-refractivity contribution in [3.63, 3.8) is 0 Å². The second-order valence-corrected chi connectivity index (χ2v) is 5.54. The largest absolute Gasteiger partial charge is 0.282 e. The first kappa shape index (κ1) is 15.1. The molecule has 0 radical (unpaired) electrons. The molecule has 0 aromatic heterocycles. The van der Waals surface area contributed by atoms with Crippen LogP contribution in [-0.2, 0) is 0 Å². The summed E-state index contributed by atoms with van der Waals surface area (Å²) in [6.45, 7) is 0. The van der Waals surface area contributed by atoms with Crippen LogP contribution in [-0.4, -0.2) is 23.0 Å². The van der Waals surface area contributed by atoms with E-state index in [1.54, 1.807) is 24.3 Å². The Morgan fingerprint density at radius 3 is 2.12 bits per heavy atom. The maximum absolute atomic E-state index is 13.7. The molecule has 2 amide bonds. The molecule has 0 aliphatic carbocycles. The summed E-state index contributed by atoms with van der Waals surface area (Å²) in [5, 5.41) is 5.90. The lowest BCUT2D eigenvalue weighted by Crippen LogP contribution is -2.36. The molecular formula is C19H10F2N2O2. The third-order valence-electron chi connectivity index (χ3n) is 4.03. The van der Waals surface area contributed by atoms with Crippen LogP contribution in [0.1, 0.15) is 26.3 Å². The number of hydrogen-bond acceptors (Lipinski definition) is 3. The van der Waals surface area contributed by atoms with Gasteiger partial charge in [-0.3, -0.25) is 9.59 Å². The van der Waals surface area contributed by atoms with Gasteiger partial charge in [0.15, 0.2) is 0 Å². The second-order valence-electron chi connectivity index (χ2n) is 5.54. The summed E-state index contributed by atoms with van der Waals surface area (Å²) in [5.74, 6) is -2.73. The summed E-state index contributed by atoms with van der Waals surface area (Å²) in [5.41, 5.74) is 0.674. The van der Waals surface area contributed by atoms with Gasteiger partial charge in [0, 0.05) is 17.0 Å². The minimum absolute atomic E-state index is 0.0286. The van der Waals surface area contributed by atoms with Crippen molar-refractivity contribution in [3.8, 4) is 0 Å². The lowest BCUT2D eigenvalue weighted by atomic mass is 9.95. The highest BCUT2D eigenvalue weighted by Gasteiger charge is 2.32. The Kier molecular flexibility index (Phi) is 3.39. The van der Waals surface area contributed by atoms with Crippen LogP contribution in [0.2, 0.25) is 0 Å². The Bertz CT molecular complexity index is 1030. The van der Waals surface area contributed by atoms with E-state index in [9.17, 15) is 18.4 Å². The van der Waals surface area contributed by atoms with E-state index in [0.717, 1.165) is 17.7 Å². The molecule has 0 saturated carbocycles. The van der Waals surface area contributed by atoms with E-state index < -0.39 is 23.4 Å². The molecule has 4 nitrogen and oxygen atoms in total. The summed E-state index contributed by atoms with van der Waals surface area (Å²) in [7, 11) is 0. The fraction of sp³-hybridized carbons (Fsp3) is 0. The summed E-state index contributed by atoms with van der Waals surface area (Å²) in [4.78, 5) is 25.2. The van der Waals surface area contributed by atoms with Gasteiger partial charge in [-0.2, -0.15) is 10.1 Å². The Labute approximate surface area is 141 Å². The maximum Gasteiger partial charge on any atom is 0.282 e. The number of carbonyl (C=O) groups excluding carboxylic acids is 2. The lowest BCUT2D eigenvalue weighted by Gasteiger charge is -2.22. The third-order valence-corrected chi connectivity index (χ3v) is 4.03. The van der Waals surface area contributed by atoms with Gasteiger partial charge in [0.1, 0.15) is 11.6 Å². The molecule has 6 heteroatoms. The Hall–Kier alpha value is -3.41. The minimum atomic E-state index is -0.830. The van der Waals surface area contributed by atoms with Gasteiger partial charge in [0.25, 0.3) is 11.8 Å². The molecule has 122 valence electrons. The Morgan fingerprint density at radius 2 is 1.52 bits per heavy atom. The van der Waals surface area contributed by atoms with Gasteiger partial charge < -0.3 is 0 Å². The number of benzene rings is 3. The van der Waals surface area contributed by atoms with Crippen molar-refractivity contribution in [1.82, 2.24) is 5.01 Å². The first-order valence-electron chi connectivity index (χ1n) is 7.46. The average Bonchev–Trinajstić information content (AvgIpc) is 2.61. The summed E-state index contributed by atoms with van der Waals surface area (Å²) in [6.07, 6.45) is 1.03. The molecule has 3 aromatic carbocycles. The molecule has 0 saturated heterocycles. The SMILES string of the molecule is O=C1c2cccc3cccc(c23)C(=O)N1/N=C\c1ccc(F)cc1F. The first-order valence-corrected chi connectivity index (χ1v) is 7.46. The van der Waals surface area contributed by atoms with Crippen molar-refractivity contribution in [3.05, 3.63) is 82.9 Å². The van der Waals surface area contributed by atoms with Crippen LogP contribution in [0.4, 0.5) is 8.78 Å². The number of imide groups is 1. The molecule has 0 unspecified atom stereocenters. The predicted molar refractivity (Wildman–Crippen MR) is 88.4 cm³/mol. The Morgan fingerprint density at radius 1 is 0.880 bits per heavy atom. The third kappa shape index (κ3) is 2.39. The highest BCUT2D eigenvalue weighted by Crippen LogP contribution is 2.30. The standard InChI is InChI=1S/C19H10F2N2O2/c20-13-8-7-12(16(21)9-13)10-22-23-18(24)14-5-1-3-11-4-2-6-15(17(11)14)19(23)25/h1-10H/b22-10-. The van der Waals surface area contributed by atoms with Crippen LogP contribution in [0.25, 0.3) is 10.8 Å². The minimum Gasteiger partial charge on any atom is -0.267 e. The molecule has 3 aromatic rings. The van der Waals surface area contributed by atoms with Crippen molar-refractivity contribution in [1.29, 1.82) is 0 Å². The highest BCUT2D eigenvalue weighted by molar-refractivity contribution is 6.25.